The summed E-state index contributed by atoms with van der Waals surface area (Å²) in [5.74, 6) is 1.05. The van der Waals surface area contributed by atoms with Crippen molar-refractivity contribution >= 4 is 0 Å². The van der Waals surface area contributed by atoms with Gasteiger partial charge in [0.2, 0.25) is 0 Å². The summed E-state index contributed by atoms with van der Waals surface area (Å²) in [7, 11) is 0. The molecule has 0 aliphatic carbocycles. The first-order chi connectivity index (χ1) is 8.93. The molecular weight excluding hydrogens is 238 g/mol. The predicted octanol–water partition coefficient (Wildman–Crippen LogP) is 3.03. The van der Waals surface area contributed by atoms with Crippen LogP contribution in [-0.2, 0) is 5.41 Å². The quantitative estimate of drug-likeness (QED) is 0.907. The van der Waals surface area contributed by atoms with E-state index in [4.69, 9.17) is 4.74 Å². The van der Waals surface area contributed by atoms with Crippen molar-refractivity contribution in [2.24, 2.45) is 5.92 Å². The van der Waals surface area contributed by atoms with E-state index in [1.165, 1.54) is 0 Å². The number of fused-ring (bicyclic) bond motifs is 1. The highest BCUT2D eigenvalue weighted by atomic mass is 16.5. The highest BCUT2D eigenvalue weighted by Gasteiger charge is 2.52. The van der Waals surface area contributed by atoms with Crippen molar-refractivity contribution in [1.29, 1.82) is 5.26 Å². The number of nitrogens with zero attached hydrogens (tertiary/aromatic N) is 1. The van der Waals surface area contributed by atoms with Gasteiger partial charge in [-0.3, -0.25) is 0 Å². The zero-order chi connectivity index (χ0) is 14.1. The average molecular weight is 259 g/mol. The van der Waals surface area contributed by atoms with Crippen molar-refractivity contribution in [1.82, 2.24) is 0 Å². The SMILES string of the molecule is CC(C)CC(C)(O)C1(C#N)CCOc2ccccc21. The van der Waals surface area contributed by atoms with Crippen molar-refractivity contribution in [3.05, 3.63) is 29.8 Å². The molecule has 1 heterocycles. The largest absolute Gasteiger partial charge is 0.493 e. The molecule has 1 aliphatic heterocycles. The first-order valence-corrected chi connectivity index (χ1v) is 6.79. The summed E-state index contributed by atoms with van der Waals surface area (Å²) in [4.78, 5) is 0. The molecule has 0 aromatic heterocycles. The van der Waals surface area contributed by atoms with Gasteiger partial charge in [-0.2, -0.15) is 5.26 Å². The molecule has 0 bridgehead atoms. The molecule has 1 N–H and O–H groups in total. The number of hydrogen-bond donors (Lipinski definition) is 1. The topological polar surface area (TPSA) is 53.2 Å². The Bertz CT molecular complexity index is 502. The monoisotopic (exact) mass is 259 g/mol. The Morgan fingerprint density at radius 3 is 2.79 bits per heavy atom. The number of rotatable bonds is 3. The van der Waals surface area contributed by atoms with E-state index < -0.39 is 11.0 Å². The van der Waals surface area contributed by atoms with Crippen molar-refractivity contribution in [3.63, 3.8) is 0 Å². The zero-order valence-electron chi connectivity index (χ0n) is 11.8. The van der Waals surface area contributed by atoms with Gasteiger partial charge >= 0.3 is 0 Å². The Morgan fingerprint density at radius 2 is 2.16 bits per heavy atom. The molecule has 0 fully saturated rings. The average Bonchev–Trinajstić information content (AvgIpc) is 2.36. The van der Waals surface area contributed by atoms with Crippen LogP contribution in [0.25, 0.3) is 0 Å². The lowest BCUT2D eigenvalue weighted by atomic mass is 9.63. The molecule has 2 atom stereocenters. The van der Waals surface area contributed by atoms with E-state index in [1.807, 2.05) is 24.3 Å². The van der Waals surface area contributed by atoms with Crippen molar-refractivity contribution in [2.45, 2.75) is 44.6 Å². The van der Waals surface area contributed by atoms with Gasteiger partial charge in [0.1, 0.15) is 11.2 Å². The minimum atomic E-state index is -1.06. The first-order valence-electron chi connectivity index (χ1n) is 6.79. The maximum atomic E-state index is 10.9. The van der Waals surface area contributed by atoms with Crippen LogP contribution in [0.3, 0.4) is 0 Å². The Kier molecular flexibility index (Phi) is 3.56. The van der Waals surface area contributed by atoms with Gasteiger partial charge in [-0.1, -0.05) is 32.0 Å². The van der Waals surface area contributed by atoms with Crippen LogP contribution in [0.2, 0.25) is 0 Å². The summed E-state index contributed by atoms with van der Waals surface area (Å²) in [6, 6.07) is 9.94. The van der Waals surface area contributed by atoms with E-state index in [0.717, 1.165) is 11.3 Å². The number of aliphatic hydroxyl groups is 1. The Balaban J connectivity index is 2.54. The third-order valence-electron chi connectivity index (χ3n) is 4.00. The minimum Gasteiger partial charge on any atom is -0.493 e. The summed E-state index contributed by atoms with van der Waals surface area (Å²) in [6.45, 7) is 6.37. The normalized spacial score (nSPS) is 25.1. The maximum Gasteiger partial charge on any atom is 0.124 e. The number of hydrogen-bond acceptors (Lipinski definition) is 3. The molecule has 0 amide bonds. The van der Waals surface area contributed by atoms with Gasteiger partial charge in [0.25, 0.3) is 0 Å². The molecular formula is C16H21NO2. The van der Waals surface area contributed by atoms with E-state index in [1.54, 1.807) is 6.92 Å². The molecule has 1 aromatic carbocycles. The molecule has 0 radical (unpaired) electrons. The number of nitriles is 1. The standard InChI is InChI=1S/C16H21NO2/c1-12(2)10-15(3,18)16(11-17)8-9-19-14-7-5-4-6-13(14)16/h4-7,12,18H,8-10H2,1-3H3. The fourth-order valence-electron chi connectivity index (χ4n) is 3.16. The summed E-state index contributed by atoms with van der Waals surface area (Å²) >= 11 is 0. The second-order valence-electron chi connectivity index (χ2n) is 5.98. The molecule has 0 saturated carbocycles. The summed E-state index contributed by atoms with van der Waals surface area (Å²) in [6.07, 6.45) is 1.12. The summed E-state index contributed by atoms with van der Waals surface area (Å²) in [5.41, 5.74) is -1.13. The highest BCUT2D eigenvalue weighted by molar-refractivity contribution is 5.48. The molecule has 2 rings (SSSR count). The molecule has 1 aliphatic rings. The van der Waals surface area contributed by atoms with E-state index in [-0.39, 0.29) is 0 Å². The van der Waals surface area contributed by atoms with Crippen LogP contribution < -0.4 is 4.74 Å². The number of ether oxygens (including phenoxy) is 1. The van der Waals surface area contributed by atoms with E-state index in [0.29, 0.717) is 25.4 Å². The van der Waals surface area contributed by atoms with Crippen molar-refractivity contribution < 1.29 is 9.84 Å². The van der Waals surface area contributed by atoms with Crippen LogP contribution >= 0.6 is 0 Å². The van der Waals surface area contributed by atoms with Crippen LogP contribution in [0.15, 0.2) is 24.3 Å². The smallest absolute Gasteiger partial charge is 0.124 e. The van der Waals surface area contributed by atoms with Crippen LogP contribution in [0, 0.1) is 17.2 Å². The van der Waals surface area contributed by atoms with Crippen molar-refractivity contribution in [3.8, 4) is 11.8 Å². The fraction of sp³-hybridized carbons (Fsp3) is 0.562. The van der Waals surface area contributed by atoms with Gasteiger partial charge in [0.05, 0.1) is 18.3 Å². The second-order valence-corrected chi connectivity index (χ2v) is 5.98. The second kappa shape index (κ2) is 4.86. The van der Waals surface area contributed by atoms with Gasteiger partial charge in [-0.05, 0) is 25.3 Å². The van der Waals surface area contributed by atoms with Crippen molar-refractivity contribution in [2.75, 3.05) is 6.61 Å². The maximum absolute atomic E-state index is 10.9. The number of benzene rings is 1. The molecule has 0 saturated heterocycles. The third kappa shape index (κ3) is 2.21. The van der Waals surface area contributed by atoms with E-state index in [2.05, 4.69) is 19.9 Å². The summed E-state index contributed by atoms with van der Waals surface area (Å²) < 4.78 is 5.62. The fourth-order valence-corrected chi connectivity index (χ4v) is 3.16. The zero-order valence-corrected chi connectivity index (χ0v) is 11.8. The Morgan fingerprint density at radius 1 is 1.47 bits per heavy atom. The molecule has 3 heteroatoms. The van der Waals surface area contributed by atoms with E-state index >= 15 is 0 Å². The lowest BCUT2D eigenvalue weighted by Gasteiger charge is -2.44. The molecule has 0 spiro atoms. The Hall–Kier alpha value is -1.53. The molecule has 102 valence electrons. The summed E-state index contributed by atoms with van der Waals surface area (Å²) in [5, 5.41) is 20.7. The Labute approximate surface area is 114 Å². The van der Waals surface area contributed by atoms with Crippen LogP contribution in [0.5, 0.6) is 5.75 Å². The van der Waals surface area contributed by atoms with Gasteiger partial charge in [0, 0.05) is 12.0 Å². The molecule has 1 aromatic rings. The predicted molar refractivity (Wildman–Crippen MR) is 73.9 cm³/mol. The lowest BCUT2D eigenvalue weighted by Crippen LogP contribution is -2.52. The van der Waals surface area contributed by atoms with Gasteiger partial charge < -0.3 is 9.84 Å². The molecule has 19 heavy (non-hydrogen) atoms. The first kappa shape index (κ1) is 13.9. The van der Waals surface area contributed by atoms with Gasteiger partial charge in [-0.25, -0.2) is 0 Å². The van der Waals surface area contributed by atoms with Crippen LogP contribution in [-0.4, -0.2) is 17.3 Å². The molecule has 2 unspecified atom stereocenters. The lowest BCUT2D eigenvalue weighted by molar-refractivity contribution is -0.0318. The van der Waals surface area contributed by atoms with Crippen LogP contribution in [0.4, 0.5) is 0 Å². The highest BCUT2D eigenvalue weighted by Crippen LogP contribution is 2.47. The molecule has 3 nitrogen and oxygen atoms in total. The van der Waals surface area contributed by atoms with Crippen LogP contribution in [0.1, 0.15) is 39.2 Å². The number of para-hydroxylation sites is 1. The minimum absolute atomic E-state index is 0.329. The van der Waals surface area contributed by atoms with Gasteiger partial charge in [0.15, 0.2) is 0 Å². The van der Waals surface area contributed by atoms with E-state index in [9.17, 15) is 10.4 Å². The van der Waals surface area contributed by atoms with Gasteiger partial charge in [-0.15, -0.1) is 0 Å². The third-order valence-corrected chi connectivity index (χ3v) is 4.00.